The third-order valence-electron chi connectivity index (χ3n) is 7.79. The van der Waals surface area contributed by atoms with Gasteiger partial charge in [-0.3, -0.25) is 4.98 Å². The Hall–Kier alpha value is -1.98. The van der Waals surface area contributed by atoms with Crippen LogP contribution in [-0.4, -0.2) is 35.2 Å². The fraction of sp³-hybridized carbons (Fsp3) is 0.345. The van der Waals surface area contributed by atoms with Crippen molar-refractivity contribution in [3.63, 3.8) is 0 Å². The molecule has 5 atom stereocenters. The van der Waals surface area contributed by atoms with E-state index in [0.29, 0.717) is 24.5 Å². The van der Waals surface area contributed by atoms with Gasteiger partial charge in [-0.25, -0.2) is 0 Å². The predicted octanol–water partition coefficient (Wildman–Crippen LogP) is 3.75. The van der Waals surface area contributed by atoms with E-state index in [1.54, 1.807) is 0 Å². The molecule has 3 aliphatic rings. The van der Waals surface area contributed by atoms with Crippen LogP contribution in [0.4, 0.5) is 0 Å². The van der Waals surface area contributed by atoms with Crippen molar-refractivity contribution in [3.05, 3.63) is 102 Å². The lowest BCUT2D eigenvalue weighted by molar-refractivity contribution is -0.985. The summed E-state index contributed by atoms with van der Waals surface area (Å²) in [6.45, 7) is 11.9. The molecule has 3 aliphatic heterocycles. The van der Waals surface area contributed by atoms with Gasteiger partial charge in [-0.15, -0.1) is 13.2 Å². The van der Waals surface area contributed by atoms with E-state index in [-0.39, 0.29) is 23.1 Å². The standard InChI is InChI=1S/C29H32ClN2O.BrH/c1-3-16-33-29(26-12-14-31-27-11-6-5-10-25(26)27)28-18-23-13-15-32(28,20-22(23)4-2)19-21-8-7-9-24(30)17-21;/h3-12,14,17,22-23,28-29H,1-2,13,15-16,18-20H2;1H/q+1;/p-1/t22-,23-,28+,29-,32?;/m0./s1. The number of benzene rings is 2. The Morgan fingerprint density at radius 3 is 2.79 bits per heavy atom. The number of hydrogen-bond acceptors (Lipinski definition) is 2. The fourth-order valence-electron chi connectivity index (χ4n) is 6.31. The summed E-state index contributed by atoms with van der Waals surface area (Å²) in [6, 6.07) is 19.3. The maximum Gasteiger partial charge on any atom is 0.135 e. The van der Waals surface area contributed by atoms with Crippen molar-refractivity contribution in [1.82, 2.24) is 4.98 Å². The van der Waals surface area contributed by atoms with Gasteiger partial charge in [0.15, 0.2) is 0 Å². The smallest absolute Gasteiger partial charge is 0.135 e. The maximum absolute atomic E-state index is 6.62. The summed E-state index contributed by atoms with van der Waals surface area (Å²) in [5, 5.41) is 1.98. The minimum Gasteiger partial charge on any atom is -1.00 e. The first kappa shape index (κ1) is 25.1. The van der Waals surface area contributed by atoms with Gasteiger partial charge in [0.1, 0.15) is 18.7 Å². The maximum atomic E-state index is 6.62. The molecule has 0 amide bonds. The van der Waals surface area contributed by atoms with E-state index in [1.165, 1.54) is 22.9 Å². The second-order valence-electron chi connectivity index (χ2n) is 9.62. The van der Waals surface area contributed by atoms with E-state index < -0.39 is 0 Å². The highest BCUT2D eigenvalue weighted by atomic mass is 79.9. The molecule has 34 heavy (non-hydrogen) atoms. The van der Waals surface area contributed by atoms with Crippen molar-refractivity contribution < 1.29 is 26.2 Å². The predicted molar refractivity (Wildman–Crippen MR) is 136 cm³/mol. The lowest BCUT2D eigenvalue weighted by atomic mass is 9.71. The number of para-hydroxylation sites is 1. The van der Waals surface area contributed by atoms with Crippen LogP contribution >= 0.6 is 11.6 Å². The van der Waals surface area contributed by atoms with Crippen molar-refractivity contribution in [2.24, 2.45) is 11.8 Å². The largest absolute Gasteiger partial charge is 1.00 e. The minimum absolute atomic E-state index is 0. The summed E-state index contributed by atoms with van der Waals surface area (Å²) in [4.78, 5) is 4.61. The molecule has 2 bridgehead atoms. The zero-order valence-corrected chi connectivity index (χ0v) is 21.8. The molecule has 2 aromatic carbocycles. The Bertz CT molecular complexity index is 1160. The highest BCUT2D eigenvalue weighted by molar-refractivity contribution is 6.30. The van der Waals surface area contributed by atoms with Crippen LogP contribution in [0, 0.1) is 11.8 Å². The molecule has 3 aromatic rings. The van der Waals surface area contributed by atoms with Gasteiger partial charge < -0.3 is 26.2 Å². The third kappa shape index (κ3) is 4.74. The van der Waals surface area contributed by atoms with Crippen LogP contribution in [0.3, 0.4) is 0 Å². The molecule has 178 valence electrons. The normalized spacial score (nSPS) is 26.6. The van der Waals surface area contributed by atoms with Crippen molar-refractivity contribution in [1.29, 1.82) is 0 Å². The van der Waals surface area contributed by atoms with Crippen molar-refractivity contribution in [2.75, 3.05) is 19.7 Å². The number of hydrogen-bond donors (Lipinski definition) is 0. The number of fused-ring (bicyclic) bond motifs is 4. The first-order chi connectivity index (χ1) is 16.1. The number of pyridine rings is 1. The minimum atomic E-state index is -0.0244. The molecule has 3 saturated heterocycles. The molecule has 0 saturated carbocycles. The Morgan fingerprint density at radius 1 is 1.15 bits per heavy atom. The number of aromatic nitrogens is 1. The third-order valence-corrected chi connectivity index (χ3v) is 8.03. The number of ether oxygens (including phenoxy) is 1. The van der Waals surface area contributed by atoms with Gasteiger partial charge >= 0.3 is 0 Å². The molecule has 3 nitrogen and oxygen atoms in total. The van der Waals surface area contributed by atoms with Crippen LogP contribution in [0.25, 0.3) is 10.9 Å². The van der Waals surface area contributed by atoms with E-state index in [1.807, 2.05) is 24.4 Å². The molecule has 0 aliphatic carbocycles. The van der Waals surface area contributed by atoms with Crippen LogP contribution in [0.1, 0.15) is 30.1 Å². The summed E-state index contributed by atoms with van der Waals surface area (Å²) in [5.41, 5.74) is 3.54. The lowest BCUT2D eigenvalue weighted by Crippen LogP contribution is -3.00. The Kier molecular flexibility index (Phi) is 7.94. The monoisotopic (exact) mass is 538 g/mol. The van der Waals surface area contributed by atoms with Gasteiger partial charge in [0.05, 0.1) is 25.2 Å². The van der Waals surface area contributed by atoms with Gasteiger partial charge in [-0.1, -0.05) is 54.1 Å². The summed E-state index contributed by atoms with van der Waals surface area (Å²) >= 11 is 6.38. The van der Waals surface area contributed by atoms with Crippen LogP contribution in [-0.2, 0) is 11.3 Å². The molecule has 5 heteroatoms. The molecule has 0 N–H and O–H groups in total. The van der Waals surface area contributed by atoms with E-state index in [9.17, 15) is 0 Å². The molecule has 6 rings (SSSR count). The van der Waals surface area contributed by atoms with Crippen molar-refractivity contribution in [2.45, 2.75) is 31.5 Å². The second kappa shape index (κ2) is 10.7. The van der Waals surface area contributed by atoms with Crippen LogP contribution in [0.5, 0.6) is 0 Å². The lowest BCUT2D eigenvalue weighted by Gasteiger charge is -2.58. The van der Waals surface area contributed by atoms with Crippen LogP contribution in [0.15, 0.2) is 86.1 Å². The molecule has 4 heterocycles. The number of quaternary nitrogens is 1. The van der Waals surface area contributed by atoms with E-state index in [4.69, 9.17) is 16.3 Å². The van der Waals surface area contributed by atoms with Gasteiger partial charge in [-0.2, -0.15) is 0 Å². The van der Waals surface area contributed by atoms with Gasteiger partial charge in [0.25, 0.3) is 0 Å². The average Bonchev–Trinajstić information content (AvgIpc) is 2.84. The second-order valence-corrected chi connectivity index (χ2v) is 10.1. The molecule has 0 spiro atoms. The molecule has 1 unspecified atom stereocenters. The van der Waals surface area contributed by atoms with Gasteiger partial charge in [0.2, 0.25) is 0 Å². The first-order valence-corrected chi connectivity index (χ1v) is 12.3. The summed E-state index contributed by atoms with van der Waals surface area (Å²) in [7, 11) is 0. The highest BCUT2D eigenvalue weighted by Gasteiger charge is 2.54. The SMILES string of the molecule is C=CCO[C@@H](c1ccnc2ccccc12)[C@H]1C[C@@H]2CC[N+]1(Cc1cccc(Cl)c1)C[C@@H]2C=C.[Br-]. The van der Waals surface area contributed by atoms with Gasteiger partial charge in [-0.05, 0) is 35.7 Å². The van der Waals surface area contributed by atoms with E-state index in [2.05, 4.69) is 66.7 Å². The van der Waals surface area contributed by atoms with Crippen molar-refractivity contribution >= 4 is 22.5 Å². The molecular weight excluding hydrogens is 508 g/mol. The Balaban J connectivity index is 0.00000274. The molecular formula is C29H32BrClN2O. The number of halogens is 2. The van der Waals surface area contributed by atoms with Crippen molar-refractivity contribution in [3.8, 4) is 0 Å². The van der Waals surface area contributed by atoms with E-state index >= 15 is 0 Å². The number of piperidine rings is 3. The van der Waals surface area contributed by atoms with Crippen LogP contribution in [0.2, 0.25) is 5.02 Å². The molecule has 3 fully saturated rings. The van der Waals surface area contributed by atoms with Crippen LogP contribution < -0.4 is 17.0 Å². The quantitative estimate of drug-likeness (QED) is 0.321. The highest BCUT2D eigenvalue weighted by Crippen LogP contribution is 2.49. The Labute approximate surface area is 218 Å². The Morgan fingerprint density at radius 2 is 2.00 bits per heavy atom. The zero-order valence-electron chi connectivity index (χ0n) is 19.5. The number of nitrogens with zero attached hydrogens (tertiary/aromatic N) is 2. The summed E-state index contributed by atoms with van der Waals surface area (Å²) < 4.78 is 7.63. The topological polar surface area (TPSA) is 22.1 Å². The summed E-state index contributed by atoms with van der Waals surface area (Å²) in [6.07, 6.45) is 8.32. The number of rotatable bonds is 8. The first-order valence-electron chi connectivity index (χ1n) is 11.9. The van der Waals surface area contributed by atoms with E-state index in [0.717, 1.165) is 41.1 Å². The molecule has 0 radical (unpaired) electrons. The summed E-state index contributed by atoms with van der Waals surface area (Å²) in [5.74, 6) is 1.21. The molecule has 1 aromatic heterocycles. The zero-order chi connectivity index (χ0) is 22.8. The average molecular weight is 540 g/mol. The van der Waals surface area contributed by atoms with Gasteiger partial charge in [0, 0.05) is 40.9 Å². The fourth-order valence-corrected chi connectivity index (χ4v) is 6.52.